The number of H-pyrrole nitrogens is 1. The molecule has 0 bridgehead atoms. The third-order valence-corrected chi connectivity index (χ3v) is 6.01. The largest absolute Gasteiger partial charge is 0.408 e. The summed E-state index contributed by atoms with van der Waals surface area (Å²) in [6.07, 6.45) is -0.833. The summed E-state index contributed by atoms with van der Waals surface area (Å²) in [7, 11) is 0. The number of anilines is 2. The number of rotatable bonds is 3. The summed E-state index contributed by atoms with van der Waals surface area (Å²) in [5, 5.41) is 0. The van der Waals surface area contributed by atoms with E-state index in [1.165, 1.54) is 41.5 Å². The second-order valence-corrected chi connectivity index (χ2v) is 8.58. The molecule has 1 fully saturated rings. The van der Waals surface area contributed by atoms with E-state index in [2.05, 4.69) is 19.9 Å². The van der Waals surface area contributed by atoms with Gasteiger partial charge in [0.1, 0.15) is 11.9 Å². The SMILES string of the molecule is C[C@@H]1COCCN1c1cc(=O)n2c(n1)N(Cc1ccnc(F)c1)[C@H](C(F)(F)F)CC2.O=c1ccnc[nH]1. The molecule has 3 aromatic heterocycles. The molecule has 0 radical (unpaired) electrons. The van der Waals surface area contributed by atoms with Gasteiger partial charge in [-0.25, -0.2) is 9.97 Å². The number of nitrogens with one attached hydrogen (secondary N) is 1. The van der Waals surface area contributed by atoms with Gasteiger partial charge >= 0.3 is 6.18 Å². The summed E-state index contributed by atoms with van der Waals surface area (Å²) in [5.74, 6) is -0.535. The van der Waals surface area contributed by atoms with Gasteiger partial charge in [0.15, 0.2) is 0 Å². The molecule has 2 aliphatic heterocycles. The van der Waals surface area contributed by atoms with Gasteiger partial charge in [-0.05, 0) is 31.0 Å². The minimum Gasteiger partial charge on any atom is -0.377 e. The quantitative estimate of drug-likeness (QED) is 0.411. The number of hydrogen-bond acceptors (Lipinski definition) is 8. The van der Waals surface area contributed by atoms with E-state index in [1.807, 2.05) is 11.8 Å². The highest BCUT2D eigenvalue weighted by atomic mass is 19.4. The Hall–Kier alpha value is -3.81. The minimum absolute atomic E-state index is 0.0676. The Kier molecular flexibility index (Phi) is 7.86. The van der Waals surface area contributed by atoms with Crippen LogP contribution in [0.25, 0.3) is 0 Å². The number of halogens is 4. The molecule has 0 spiro atoms. The number of pyridine rings is 1. The normalized spacial score (nSPS) is 19.6. The fourth-order valence-electron chi connectivity index (χ4n) is 4.23. The summed E-state index contributed by atoms with van der Waals surface area (Å²) < 4.78 is 61.6. The molecule has 2 atom stereocenters. The monoisotopic (exact) mass is 523 g/mol. The van der Waals surface area contributed by atoms with Crippen LogP contribution in [0.5, 0.6) is 0 Å². The number of aromatic nitrogens is 5. The van der Waals surface area contributed by atoms with Crippen molar-refractivity contribution in [3.8, 4) is 0 Å². The number of fused-ring (bicyclic) bond motifs is 1. The van der Waals surface area contributed by atoms with Crippen LogP contribution >= 0.6 is 0 Å². The van der Waals surface area contributed by atoms with Gasteiger partial charge < -0.3 is 19.5 Å². The Bertz CT molecular complexity index is 1310. The van der Waals surface area contributed by atoms with E-state index in [9.17, 15) is 27.2 Å². The van der Waals surface area contributed by atoms with Gasteiger partial charge in [0.05, 0.1) is 25.6 Å². The molecule has 1 N–H and O–H groups in total. The first kappa shape index (κ1) is 26.3. The lowest BCUT2D eigenvalue weighted by Crippen LogP contribution is -2.52. The van der Waals surface area contributed by atoms with Gasteiger partial charge in [0.25, 0.3) is 11.1 Å². The fraction of sp³-hybridized carbons (Fsp3) is 0.435. The van der Waals surface area contributed by atoms with E-state index in [1.54, 1.807) is 0 Å². The van der Waals surface area contributed by atoms with Crippen molar-refractivity contribution in [3.05, 3.63) is 75.2 Å². The summed E-state index contributed by atoms with van der Waals surface area (Å²) >= 11 is 0. The molecular formula is C23H25F4N7O3. The van der Waals surface area contributed by atoms with Crippen molar-refractivity contribution in [2.45, 2.75) is 44.7 Å². The van der Waals surface area contributed by atoms with Crippen LogP contribution in [-0.4, -0.2) is 62.5 Å². The third-order valence-electron chi connectivity index (χ3n) is 6.01. The van der Waals surface area contributed by atoms with E-state index in [0.717, 1.165) is 11.0 Å². The fourth-order valence-corrected chi connectivity index (χ4v) is 4.23. The zero-order chi connectivity index (χ0) is 26.6. The summed E-state index contributed by atoms with van der Waals surface area (Å²) in [6, 6.07) is 3.33. The second-order valence-electron chi connectivity index (χ2n) is 8.58. The number of aromatic amines is 1. The Morgan fingerprint density at radius 3 is 2.59 bits per heavy atom. The Balaban J connectivity index is 0.000000396. The lowest BCUT2D eigenvalue weighted by molar-refractivity contribution is -0.153. The molecule has 0 aliphatic carbocycles. The summed E-state index contributed by atoms with van der Waals surface area (Å²) in [4.78, 5) is 39.7. The first-order valence-corrected chi connectivity index (χ1v) is 11.5. The van der Waals surface area contributed by atoms with E-state index in [4.69, 9.17) is 4.74 Å². The van der Waals surface area contributed by atoms with Crippen LogP contribution < -0.4 is 20.9 Å². The van der Waals surface area contributed by atoms with Crippen LogP contribution in [0.1, 0.15) is 18.9 Å². The van der Waals surface area contributed by atoms with E-state index in [-0.39, 0.29) is 37.1 Å². The molecule has 0 saturated carbocycles. The molecule has 198 valence electrons. The van der Waals surface area contributed by atoms with Crippen molar-refractivity contribution in [3.63, 3.8) is 0 Å². The van der Waals surface area contributed by atoms with Crippen molar-refractivity contribution in [1.82, 2.24) is 24.5 Å². The maximum absolute atomic E-state index is 13.8. The van der Waals surface area contributed by atoms with Crippen LogP contribution in [0.3, 0.4) is 0 Å². The molecule has 5 rings (SSSR count). The number of morpholine rings is 1. The van der Waals surface area contributed by atoms with Crippen molar-refractivity contribution in [2.75, 3.05) is 29.6 Å². The molecule has 14 heteroatoms. The van der Waals surface area contributed by atoms with Gasteiger partial charge in [-0.2, -0.15) is 22.5 Å². The predicted molar refractivity (Wildman–Crippen MR) is 126 cm³/mol. The average Bonchev–Trinajstić information content (AvgIpc) is 2.85. The molecule has 5 heterocycles. The van der Waals surface area contributed by atoms with Crippen LogP contribution in [-0.2, 0) is 17.8 Å². The highest BCUT2D eigenvalue weighted by molar-refractivity contribution is 5.48. The Morgan fingerprint density at radius 2 is 1.97 bits per heavy atom. The van der Waals surface area contributed by atoms with Gasteiger partial charge in [-0.3, -0.25) is 14.2 Å². The lowest BCUT2D eigenvalue weighted by atomic mass is 10.1. The van der Waals surface area contributed by atoms with Crippen molar-refractivity contribution >= 4 is 11.8 Å². The molecule has 1 saturated heterocycles. The van der Waals surface area contributed by atoms with E-state index in [0.29, 0.717) is 31.1 Å². The standard InChI is InChI=1S/C19H21F4N5O2.C4H4N2O/c1-12-11-30-7-6-26(12)16-9-17(29)27-5-3-14(19(21,22)23)28(18(27)25-16)10-13-2-4-24-15(20)8-13;7-4-1-2-5-3-6-4/h2,4,8-9,12,14H,3,5-7,10-11H2,1H3;1-3H,(H,5,6,7)/t12-,14+;/m1./s1. The van der Waals surface area contributed by atoms with Crippen LogP contribution in [0.15, 0.2) is 52.6 Å². The second kappa shape index (κ2) is 11.1. The predicted octanol–water partition coefficient (Wildman–Crippen LogP) is 2.11. The molecule has 2 aliphatic rings. The zero-order valence-corrected chi connectivity index (χ0v) is 19.9. The smallest absolute Gasteiger partial charge is 0.377 e. The van der Waals surface area contributed by atoms with E-state index >= 15 is 0 Å². The maximum Gasteiger partial charge on any atom is 0.408 e. The van der Waals surface area contributed by atoms with Gasteiger partial charge in [-0.1, -0.05) is 0 Å². The molecule has 37 heavy (non-hydrogen) atoms. The summed E-state index contributed by atoms with van der Waals surface area (Å²) in [5.41, 5.74) is -0.222. The zero-order valence-electron chi connectivity index (χ0n) is 19.9. The number of ether oxygens (including phenoxy) is 1. The van der Waals surface area contributed by atoms with Crippen molar-refractivity contribution < 1.29 is 22.3 Å². The van der Waals surface area contributed by atoms with Gasteiger partial charge in [-0.15, -0.1) is 0 Å². The number of nitrogens with zero attached hydrogens (tertiary/aromatic N) is 6. The Morgan fingerprint density at radius 1 is 1.16 bits per heavy atom. The highest BCUT2D eigenvalue weighted by Crippen LogP contribution is 2.35. The topological polar surface area (TPSA) is 109 Å². The van der Waals surface area contributed by atoms with Crippen LogP contribution in [0.4, 0.5) is 29.3 Å². The lowest BCUT2D eigenvalue weighted by Gasteiger charge is -2.40. The average molecular weight is 523 g/mol. The molecule has 3 aromatic rings. The van der Waals surface area contributed by atoms with Gasteiger partial charge in [0, 0.05) is 44.2 Å². The molecule has 0 unspecified atom stereocenters. The Labute approximate surface area is 208 Å². The first-order valence-electron chi connectivity index (χ1n) is 11.5. The van der Waals surface area contributed by atoms with Gasteiger partial charge in [0.2, 0.25) is 11.9 Å². The maximum atomic E-state index is 13.8. The molecule has 0 aromatic carbocycles. The molecule has 0 amide bonds. The number of alkyl halides is 3. The summed E-state index contributed by atoms with van der Waals surface area (Å²) in [6.45, 7) is 2.91. The van der Waals surface area contributed by atoms with Crippen molar-refractivity contribution in [1.29, 1.82) is 0 Å². The molecular weight excluding hydrogens is 498 g/mol. The van der Waals surface area contributed by atoms with Crippen LogP contribution in [0.2, 0.25) is 0 Å². The van der Waals surface area contributed by atoms with E-state index < -0.39 is 23.7 Å². The first-order chi connectivity index (χ1) is 17.6. The van der Waals surface area contributed by atoms with Crippen LogP contribution in [0, 0.1) is 5.95 Å². The number of hydrogen-bond donors (Lipinski definition) is 1. The third kappa shape index (κ3) is 6.31. The highest BCUT2D eigenvalue weighted by Gasteiger charge is 2.47. The molecule has 10 nitrogen and oxygen atoms in total. The van der Waals surface area contributed by atoms with Crippen molar-refractivity contribution in [2.24, 2.45) is 0 Å². The minimum atomic E-state index is -4.53.